The molecule has 1 unspecified atom stereocenters. The molecule has 0 saturated heterocycles. The van der Waals surface area contributed by atoms with Gasteiger partial charge in [0, 0.05) is 0 Å². The molecule has 2 aliphatic rings. The molecule has 0 N–H and O–H groups in total. The summed E-state index contributed by atoms with van der Waals surface area (Å²) in [6.45, 7) is 6.22. The summed E-state index contributed by atoms with van der Waals surface area (Å²) in [5, 5.41) is 0. The third-order valence-corrected chi connectivity index (χ3v) is 3.91. The average Bonchev–Trinajstić information content (AvgIpc) is 2.86. The van der Waals surface area contributed by atoms with Crippen molar-refractivity contribution in [3.05, 3.63) is 29.5 Å². The van der Waals surface area contributed by atoms with Gasteiger partial charge in [0.25, 0.3) is 0 Å². The van der Waals surface area contributed by atoms with Crippen molar-refractivity contribution in [2.24, 2.45) is 11.8 Å². The number of allylic oxidation sites excluding steroid dienone is 2. The van der Waals surface area contributed by atoms with Gasteiger partial charge < -0.3 is 0 Å². The number of rotatable bonds is 2. The standard InChI is InChI=1S/C15H22/c1-12(2)15-10-9-14(11-15)8-7-13-5-3-4-6-13/h7,13,15H,1,3-6,9-11H2,2H3. The first-order valence-electron chi connectivity index (χ1n) is 6.35. The zero-order valence-corrected chi connectivity index (χ0v) is 9.89. The van der Waals surface area contributed by atoms with Crippen molar-refractivity contribution in [1.82, 2.24) is 0 Å². The summed E-state index contributed by atoms with van der Waals surface area (Å²) in [7, 11) is 0. The maximum absolute atomic E-state index is 4.06. The van der Waals surface area contributed by atoms with E-state index in [0.29, 0.717) is 0 Å². The van der Waals surface area contributed by atoms with E-state index in [1.807, 2.05) is 0 Å². The van der Waals surface area contributed by atoms with Gasteiger partial charge in [0.15, 0.2) is 0 Å². The predicted molar refractivity (Wildman–Crippen MR) is 65.7 cm³/mol. The van der Waals surface area contributed by atoms with Crippen molar-refractivity contribution in [3.8, 4) is 0 Å². The fourth-order valence-corrected chi connectivity index (χ4v) is 2.76. The van der Waals surface area contributed by atoms with Crippen LogP contribution < -0.4 is 0 Å². The SMILES string of the molecule is C=C(C)C1CCC(=C=CC2CCCC2)C1. The van der Waals surface area contributed by atoms with Gasteiger partial charge in [-0.1, -0.05) is 25.0 Å². The maximum atomic E-state index is 4.06. The minimum absolute atomic E-state index is 0.740. The molecule has 0 aromatic rings. The van der Waals surface area contributed by atoms with Gasteiger partial charge in [-0.2, -0.15) is 0 Å². The fraction of sp³-hybridized carbons (Fsp3) is 0.667. The summed E-state index contributed by atoms with van der Waals surface area (Å²) in [6, 6.07) is 0. The molecule has 0 bridgehead atoms. The molecule has 0 nitrogen and oxygen atoms in total. The summed E-state index contributed by atoms with van der Waals surface area (Å²) >= 11 is 0. The van der Waals surface area contributed by atoms with E-state index in [1.54, 1.807) is 0 Å². The van der Waals surface area contributed by atoms with Crippen LogP contribution in [-0.4, -0.2) is 0 Å². The second-order valence-electron chi connectivity index (χ2n) is 5.25. The molecular formula is C15H22. The van der Waals surface area contributed by atoms with Crippen molar-refractivity contribution in [1.29, 1.82) is 0 Å². The molecule has 0 aromatic heterocycles. The summed E-state index contributed by atoms with van der Waals surface area (Å²) < 4.78 is 0. The average molecular weight is 202 g/mol. The van der Waals surface area contributed by atoms with Crippen LogP contribution in [0.2, 0.25) is 0 Å². The highest BCUT2D eigenvalue weighted by Gasteiger charge is 2.19. The molecule has 0 aliphatic heterocycles. The minimum atomic E-state index is 0.740. The molecule has 1 atom stereocenters. The van der Waals surface area contributed by atoms with Crippen LogP contribution in [-0.2, 0) is 0 Å². The van der Waals surface area contributed by atoms with Gasteiger partial charge in [-0.15, -0.1) is 5.73 Å². The van der Waals surface area contributed by atoms with Crippen molar-refractivity contribution in [3.63, 3.8) is 0 Å². The summed E-state index contributed by atoms with van der Waals surface area (Å²) in [5.41, 5.74) is 6.45. The van der Waals surface area contributed by atoms with Crippen LogP contribution in [0.25, 0.3) is 0 Å². The van der Waals surface area contributed by atoms with Crippen LogP contribution in [0.1, 0.15) is 51.9 Å². The number of hydrogen-bond acceptors (Lipinski definition) is 0. The highest BCUT2D eigenvalue weighted by molar-refractivity contribution is 5.15. The van der Waals surface area contributed by atoms with Crippen LogP contribution in [0, 0.1) is 11.8 Å². The molecule has 0 aromatic carbocycles. The zero-order chi connectivity index (χ0) is 10.7. The Hall–Kier alpha value is -0.740. The Balaban J connectivity index is 1.94. The minimum Gasteiger partial charge on any atom is -0.126 e. The van der Waals surface area contributed by atoms with E-state index in [2.05, 4.69) is 25.3 Å². The summed E-state index contributed by atoms with van der Waals surface area (Å²) in [6.07, 6.45) is 11.8. The molecule has 0 spiro atoms. The second kappa shape index (κ2) is 4.86. The smallest absolute Gasteiger partial charge is 0.0157 e. The number of hydrogen-bond donors (Lipinski definition) is 0. The van der Waals surface area contributed by atoms with E-state index in [0.717, 1.165) is 11.8 Å². The Bertz CT molecular complexity index is 296. The van der Waals surface area contributed by atoms with Crippen molar-refractivity contribution in [2.45, 2.75) is 51.9 Å². The normalized spacial score (nSPS) is 26.7. The van der Waals surface area contributed by atoms with E-state index in [9.17, 15) is 0 Å². The lowest BCUT2D eigenvalue weighted by Gasteiger charge is -2.05. The molecule has 0 radical (unpaired) electrons. The predicted octanol–water partition coefficient (Wildman–Crippen LogP) is 4.63. The monoisotopic (exact) mass is 202 g/mol. The van der Waals surface area contributed by atoms with Crippen LogP contribution in [0.3, 0.4) is 0 Å². The van der Waals surface area contributed by atoms with E-state index >= 15 is 0 Å². The molecule has 2 fully saturated rings. The zero-order valence-electron chi connectivity index (χ0n) is 9.89. The molecule has 82 valence electrons. The quantitative estimate of drug-likeness (QED) is 0.452. The highest BCUT2D eigenvalue weighted by atomic mass is 14.2. The maximum Gasteiger partial charge on any atom is -0.0157 e. The van der Waals surface area contributed by atoms with Gasteiger partial charge in [0.05, 0.1) is 0 Å². The molecule has 0 heteroatoms. The Morgan fingerprint density at radius 1 is 1.33 bits per heavy atom. The van der Waals surface area contributed by atoms with E-state index in [4.69, 9.17) is 0 Å². The van der Waals surface area contributed by atoms with Gasteiger partial charge in [-0.25, -0.2) is 0 Å². The first-order chi connectivity index (χ1) is 7.25. The van der Waals surface area contributed by atoms with Crippen LogP contribution in [0.15, 0.2) is 29.5 Å². The van der Waals surface area contributed by atoms with Gasteiger partial charge in [-0.05, 0) is 62.5 Å². The Morgan fingerprint density at radius 2 is 2.07 bits per heavy atom. The molecule has 2 rings (SSSR count). The van der Waals surface area contributed by atoms with E-state index < -0.39 is 0 Å². The molecule has 15 heavy (non-hydrogen) atoms. The Morgan fingerprint density at radius 3 is 2.67 bits per heavy atom. The van der Waals surface area contributed by atoms with Gasteiger partial charge in [-0.3, -0.25) is 0 Å². The molecular weight excluding hydrogens is 180 g/mol. The third-order valence-electron chi connectivity index (χ3n) is 3.91. The molecule has 0 amide bonds. The lowest BCUT2D eigenvalue weighted by molar-refractivity contribution is 0.653. The summed E-state index contributed by atoms with van der Waals surface area (Å²) in [5.74, 6) is 1.57. The largest absolute Gasteiger partial charge is 0.126 e. The Kier molecular flexibility index (Phi) is 3.49. The van der Waals surface area contributed by atoms with Crippen LogP contribution in [0.4, 0.5) is 0 Å². The van der Waals surface area contributed by atoms with Crippen molar-refractivity contribution in [2.75, 3.05) is 0 Å². The highest BCUT2D eigenvalue weighted by Crippen LogP contribution is 2.34. The van der Waals surface area contributed by atoms with Gasteiger partial charge in [0.2, 0.25) is 0 Å². The van der Waals surface area contributed by atoms with E-state index in [-0.39, 0.29) is 0 Å². The molecule has 0 heterocycles. The topological polar surface area (TPSA) is 0 Å². The first-order valence-corrected chi connectivity index (χ1v) is 6.35. The van der Waals surface area contributed by atoms with Crippen molar-refractivity contribution >= 4 is 0 Å². The molecule has 2 aliphatic carbocycles. The van der Waals surface area contributed by atoms with E-state index in [1.165, 1.54) is 56.1 Å². The second-order valence-corrected chi connectivity index (χ2v) is 5.25. The summed E-state index contributed by atoms with van der Waals surface area (Å²) in [4.78, 5) is 0. The van der Waals surface area contributed by atoms with Gasteiger partial charge >= 0.3 is 0 Å². The van der Waals surface area contributed by atoms with Crippen LogP contribution in [0.5, 0.6) is 0 Å². The lowest BCUT2D eigenvalue weighted by atomic mass is 10.0. The van der Waals surface area contributed by atoms with Crippen LogP contribution >= 0.6 is 0 Å². The fourth-order valence-electron chi connectivity index (χ4n) is 2.76. The molecule has 2 saturated carbocycles. The Labute approximate surface area is 93.8 Å². The third kappa shape index (κ3) is 2.86. The van der Waals surface area contributed by atoms with Crippen molar-refractivity contribution < 1.29 is 0 Å². The van der Waals surface area contributed by atoms with Gasteiger partial charge in [0.1, 0.15) is 0 Å². The first kappa shape index (κ1) is 10.8. The lowest BCUT2D eigenvalue weighted by Crippen LogP contribution is -1.92.